The summed E-state index contributed by atoms with van der Waals surface area (Å²) in [5.74, 6) is -0.475. The molecular formula is C11H17NO2. The number of carbonyl (C=O) groups is 1. The molecule has 1 amide bonds. The van der Waals surface area contributed by atoms with Crippen LogP contribution >= 0.6 is 0 Å². The van der Waals surface area contributed by atoms with Gasteiger partial charge < -0.3 is 0 Å². The van der Waals surface area contributed by atoms with E-state index < -0.39 is 5.91 Å². The predicted molar refractivity (Wildman–Crippen MR) is 56.9 cm³/mol. The maximum atomic E-state index is 10.9. The van der Waals surface area contributed by atoms with Gasteiger partial charge in [-0.25, -0.2) is 5.48 Å². The molecule has 1 rings (SSSR count). The number of nitrogens with one attached hydrogen (secondary N) is 1. The minimum Gasteiger partial charge on any atom is -0.288 e. The summed E-state index contributed by atoms with van der Waals surface area (Å²) >= 11 is 0. The molecule has 0 spiro atoms. The average Bonchev–Trinajstić information content (AvgIpc) is 2.45. The Morgan fingerprint density at radius 2 is 2.07 bits per heavy atom. The van der Waals surface area contributed by atoms with E-state index in [1.807, 2.05) is 32.9 Å². The molecule has 0 aliphatic heterocycles. The standard InChI is InChI=1S/C9H11NO2.C2H6/c1-7-3-2-4-8(6-5-7)9(11)10-12;1-2/h2,4-6,12H,3H2,1H3,(H,10,11);1-2H3. The number of hydroxylamine groups is 1. The Morgan fingerprint density at radius 1 is 1.43 bits per heavy atom. The maximum absolute atomic E-state index is 10.9. The van der Waals surface area contributed by atoms with Crippen molar-refractivity contribution in [1.82, 2.24) is 5.48 Å². The molecule has 0 aromatic heterocycles. The number of carbonyl (C=O) groups excluding carboxylic acids is 1. The third-order valence-corrected chi connectivity index (χ3v) is 1.65. The Balaban J connectivity index is 0.000000791. The molecule has 0 saturated carbocycles. The number of amides is 1. The second-order valence-corrected chi connectivity index (χ2v) is 2.68. The molecule has 2 N–H and O–H groups in total. The highest BCUT2D eigenvalue weighted by Gasteiger charge is 2.04. The van der Waals surface area contributed by atoms with Gasteiger partial charge in [-0.15, -0.1) is 0 Å². The molecule has 0 bridgehead atoms. The van der Waals surface area contributed by atoms with Crippen LogP contribution in [0.1, 0.15) is 27.2 Å². The van der Waals surface area contributed by atoms with Crippen LogP contribution in [0.15, 0.2) is 35.5 Å². The first-order valence-electron chi connectivity index (χ1n) is 4.72. The lowest BCUT2D eigenvalue weighted by atomic mass is 10.2. The summed E-state index contributed by atoms with van der Waals surface area (Å²) in [6, 6.07) is 0. The molecule has 0 unspecified atom stereocenters. The van der Waals surface area contributed by atoms with Crippen molar-refractivity contribution in [2.24, 2.45) is 0 Å². The lowest BCUT2D eigenvalue weighted by molar-refractivity contribution is -0.124. The zero-order valence-electron chi connectivity index (χ0n) is 8.87. The van der Waals surface area contributed by atoms with E-state index in [9.17, 15) is 4.79 Å². The molecule has 0 fully saturated rings. The van der Waals surface area contributed by atoms with Crippen LogP contribution in [0.5, 0.6) is 0 Å². The van der Waals surface area contributed by atoms with Crippen molar-refractivity contribution in [2.45, 2.75) is 27.2 Å². The molecule has 0 saturated heterocycles. The minimum absolute atomic E-state index is 0.467. The predicted octanol–water partition coefficient (Wildman–Crippen LogP) is 2.35. The SMILES string of the molecule is CC.CC1=CC=C(C(=O)NO)C=CC1. The summed E-state index contributed by atoms with van der Waals surface area (Å²) in [5, 5.41) is 8.35. The van der Waals surface area contributed by atoms with Crippen molar-refractivity contribution >= 4 is 5.91 Å². The second-order valence-electron chi connectivity index (χ2n) is 2.68. The Kier molecular flexibility index (Phi) is 6.41. The topological polar surface area (TPSA) is 49.3 Å². The molecule has 3 nitrogen and oxygen atoms in total. The monoisotopic (exact) mass is 195 g/mol. The van der Waals surface area contributed by atoms with Gasteiger partial charge in [-0.05, 0) is 19.4 Å². The van der Waals surface area contributed by atoms with Gasteiger partial charge in [0.1, 0.15) is 0 Å². The molecule has 0 heterocycles. The lowest BCUT2D eigenvalue weighted by Crippen LogP contribution is -2.19. The highest BCUT2D eigenvalue weighted by atomic mass is 16.5. The van der Waals surface area contributed by atoms with Crippen molar-refractivity contribution in [3.05, 3.63) is 35.5 Å². The second kappa shape index (κ2) is 7.09. The highest BCUT2D eigenvalue weighted by molar-refractivity contribution is 5.95. The fourth-order valence-electron chi connectivity index (χ4n) is 0.943. The number of hydrogen-bond acceptors (Lipinski definition) is 2. The number of hydrogen-bond donors (Lipinski definition) is 2. The van der Waals surface area contributed by atoms with Crippen LogP contribution < -0.4 is 5.48 Å². The van der Waals surface area contributed by atoms with E-state index in [0.717, 1.165) is 6.42 Å². The van der Waals surface area contributed by atoms with Crippen LogP contribution in [0, 0.1) is 0 Å². The van der Waals surface area contributed by atoms with Gasteiger partial charge in [-0.2, -0.15) is 0 Å². The summed E-state index contributed by atoms with van der Waals surface area (Å²) < 4.78 is 0. The fourth-order valence-corrected chi connectivity index (χ4v) is 0.943. The number of allylic oxidation sites excluding steroid dienone is 4. The molecule has 0 aromatic carbocycles. The van der Waals surface area contributed by atoms with E-state index in [4.69, 9.17) is 5.21 Å². The maximum Gasteiger partial charge on any atom is 0.274 e. The van der Waals surface area contributed by atoms with Gasteiger partial charge in [0, 0.05) is 5.57 Å². The van der Waals surface area contributed by atoms with Crippen LogP contribution in [-0.2, 0) is 4.79 Å². The van der Waals surface area contributed by atoms with Gasteiger partial charge in [0.05, 0.1) is 0 Å². The van der Waals surface area contributed by atoms with Crippen molar-refractivity contribution in [3.8, 4) is 0 Å². The third kappa shape index (κ3) is 4.05. The van der Waals surface area contributed by atoms with E-state index in [1.54, 1.807) is 17.6 Å². The van der Waals surface area contributed by atoms with Crippen molar-refractivity contribution < 1.29 is 10.0 Å². The lowest BCUT2D eigenvalue weighted by Gasteiger charge is -1.95. The van der Waals surface area contributed by atoms with Gasteiger partial charge in [-0.3, -0.25) is 10.0 Å². The van der Waals surface area contributed by atoms with Crippen LogP contribution in [0.4, 0.5) is 0 Å². The molecule has 0 radical (unpaired) electrons. The van der Waals surface area contributed by atoms with Crippen molar-refractivity contribution in [1.29, 1.82) is 0 Å². The summed E-state index contributed by atoms with van der Waals surface area (Å²) in [4.78, 5) is 10.9. The van der Waals surface area contributed by atoms with Gasteiger partial charge in [0.15, 0.2) is 0 Å². The number of rotatable bonds is 1. The van der Waals surface area contributed by atoms with Crippen LogP contribution in [0.3, 0.4) is 0 Å². The molecule has 1 aliphatic carbocycles. The Hall–Kier alpha value is -1.35. The molecule has 3 heteroatoms. The summed E-state index contributed by atoms with van der Waals surface area (Å²) in [7, 11) is 0. The molecule has 14 heavy (non-hydrogen) atoms. The summed E-state index contributed by atoms with van der Waals surface area (Å²) in [6.07, 6.45) is 7.98. The first kappa shape index (κ1) is 12.7. The third-order valence-electron chi connectivity index (χ3n) is 1.65. The summed E-state index contributed by atoms with van der Waals surface area (Å²) in [5.41, 5.74) is 3.24. The average molecular weight is 195 g/mol. The summed E-state index contributed by atoms with van der Waals surface area (Å²) in [6.45, 7) is 5.99. The van der Waals surface area contributed by atoms with E-state index in [0.29, 0.717) is 5.57 Å². The highest BCUT2D eigenvalue weighted by Crippen LogP contribution is 2.10. The van der Waals surface area contributed by atoms with E-state index in [-0.39, 0.29) is 0 Å². The quantitative estimate of drug-likeness (QED) is 0.498. The molecule has 0 aromatic rings. The van der Waals surface area contributed by atoms with Gasteiger partial charge in [0.2, 0.25) is 0 Å². The zero-order chi connectivity index (χ0) is 11.0. The Bertz CT molecular complexity index is 275. The molecule has 0 atom stereocenters. The van der Waals surface area contributed by atoms with E-state index >= 15 is 0 Å². The fraction of sp³-hybridized carbons (Fsp3) is 0.364. The van der Waals surface area contributed by atoms with Crippen molar-refractivity contribution in [3.63, 3.8) is 0 Å². The van der Waals surface area contributed by atoms with Gasteiger partial charge in [-0.1, -0.05) is 37.6 Å². The largest absolute Gasteiger partial charge is 0.288 e. The van der Waals surface area contributed by atoms with E-state index in [1.165, 1.54) is 5.57 Å². The van der Waals surface area contributed by atoms with Crippen LogP contribution in [0.2, 0.25) is 0 Å². The Labute approximate surface area is 84.8 Å². The van der Waals surface area contributed by atoms with Gasteiger partial charge in [0.25, 0.3) is 5.91 Å². The first-order valence-corrected chi connectivity index (χ1v) is 4.72. The first-order chi connectivity index (χ1) is 6.74. The van der Waals surface area contributed by atoms with Crippen molar-refractivity contribution in [2.75, 3.05) is 0 Å². The minimum atomic E-state index is -0.475. The zero-order valence-corrected chi connectivity index (χ0v) is 8.87. The molecule has 78 valence electrons. The van der Waals surface area contributed by atoms with Crippen LogP contribution in [0.25, 0.3) is 0 Å². The molecular weight excluding hydrogens is 178 g/mol. The van der Waals surface area contributed by atoms with Gasteiger partial charge >= 0.3 is 0 Å². The normalized spacial score (nSPS) is 14.3. The molecule has 1 aliphatic rings. The van der Waals surface area contributed by atoms with E-state index in [2.05, 4.69) is 0 Å². The Morgan fingerprint density at radius 3 is 2.64 bits per heavy atom. The smallest absolute Gasteiger partial charge is 0.274 e. The van der Waals surface area contributed by atoms with Crippen LogP contribution in [-0.4, -0.2) is 11.1 Å².